The van der Waals surface area contributed by atoms with Gasteiger partial charge in [-0.2, -0.15) is 0 Å². The van der Waals surface area contributed by atoms with Crippen molar-refractivity contribution in [3.05, 3.63) is 69.7 Å². The normalized spacial score (nSPS) is 17.5. The zero-order chi connectivity index (χ0) is 22.9. The van der Waals surface area contributed by atoms with Crippen molar-refractivity contribution in [3.63, 3.8) is 0 Å². The van der Waals surface area contributed by atoms with Crippen molar-refractivity contribution in [2.45, 2.75) is 50.9 Å². The van der Waals surface area contributed by atoms with Crippen LogP contribution in [0, 0.1) is 0 Å². The van der Waals surface area contributed by atoms with Crippen LogP contribution in [0.1, 0.15) is 55.8 Å². The average Bonchev–Trinajstić information content (AvgIpc) is 2.81. The van der Waals surface area contributed by atoms with Crippen LogP contribution in [0.4, 0.5) is 0 Å². The number of nitrogens with zero attached hydrogens (tertiary/aromatic N) is 1. The number of esters is 1. The molecule has 174 valence electrons. The molecule has 2 aromatic rings. The van der Waals surface area contributed by atoms with Crippen molar-refractivity contribution in [3.8, 4) is 0 Å². The summed E-state index contributed by atoms with van der Waals surface area (Å²) in [6, 6.07) is 15.4. The van der Waals surface area contributed by atoms with Gasteiger partial charge in [-0.15, -0.1) is 0 Å². The molecule has 0 aromatic heterocycles. The minimum absolute atomic E-state index is 0.185. The minimum Gasteiger partial charge on any atom is -0.463 e. The molecule has 1 fully saturated rings. The molecule has 0 bridgehead atoms. The number of likely N-dealkylation sites (tertiary alicyclic amines) is 1. The summed E-state index contributed by atoms with van der Waals surface area (Å²) < 4.78 is 11.2. The van der Waals surface area contributed by atoms with Gasteiger partial charge in [-0.3, -0.25) is 9.69 Å². The van der Waals surface area contributed by atoms with Gasteiger partial charge >= 0.3 is 5.97 Å². The maximum Gasteiger partial charge on any atom is 0.302 e. The molecule has 3 unspecified atom stereocenters. The molecular weight excluding hydrogens is 449 g/mol. The molecular formula is C25H31Cl2NO4. The highest BCUT2D eigenvalue weighted by molar-refractivity contribution is 6.42. The fourth-order valence-corrected chi connectivity index (χ4v) is 4.49. The van der Waals surface area contributed by atoms with E-state index in [-0.39, 0.29) is 31.2 Å². The number of aliphatic hydroxyl groups excluding tert-OH is 1. The summed E-state index contributed by atoms with van der Waals surface area (Å²) in [5.41, 5.74) is 1.92. The third kappa shape index (κ3) is 7.19. The molecule has 0 saturated carbocycles. The Morgan fingerprint density at radius 2 is 1.72 bits per heavy atom. The van der Waals surface area contributed by atoms with Crippen LogP contribution in [0.15, 0.2) is 48.5 Å². The number of ether oxygens (including phenoxy) is 2. The molecule has 0 radical (unpaired) electrons. The molecule has 1 saturated heterocycles. The van der Waals surface area contributed by atoms with Crippen molar-refractivity contribution >= 4 is 29.2 Å². The zero-order valence-electron chi connectivity index (χ0n) is 18.4. The van der Waals surface area contributed by atoms with Gasteiger partial charge in [-0.25, -0.2) is 0 Å². The monoisotopic (exact) mass is 479 g/mol. The highest BCUT2D eigenvalue weighted by Gasteiger charge is 2.31. The molecule has 0 amide bonds. The lowest BCUT2D eigenvalue weighted by atomic mass is 9.88. The van der Waals surface area contributed by atoms with Crippen molar-refractivity contribution in [2.75, 3.05) is 26.3 Å². The number of carbonyl (C=O) groups excluding carboxylic acids is 1. The predicted octanol–water partition coefficient (Wildman–Crippen LogP) is 5.59. The molecule has 32 heavy (non-hydrogen) atoms. The predicted molar refractivity (Wildman–Crippen MR) is 127 cm³/mol. The van der Waals surface area contributed by atoms with E-state index in [4.69, 9.17) is 32.7 Å². The largest absolute Gasteiger partial charge is 0.463 e. The molecule has 3 atom stereocenters. The first-order valence-corrected chi connectivity index (χ1v) is 11.9. The van der Waals surface area contributed by atoms with Gasteiger partial charge in [0, 0.05) is 25.9 Å². The van der Waals surface area contributed by atoms with E-state index in [9.17, 15) is 9.90 Å². The third-order valence-electron chi connectivity index (χ3n) is 5.84. The van der Waals surface area contributed by atoms with E-state index in [1.165, 1.54) is 13.3 Å². The summed E-state index contributed by atoms with van der Waals surface area (Å²) >= 11 is 12.5. The highest BCUT2D eigenvalue weighted by Crippen LogP contribution is 2.37. The van der Waals surface area contributed by atoms with E-state index in [1.54, 1.807) is 6.07 Å². The fraction of sp³-hybridized carbons (Fsp3) is 0.480. The van der Waals surface area contributed by atoms with Crippen LogP contribution in [0.2, 0.25) is 10.0 Å². The average molecular weight is 480 g/mol. The summed E-state index contributed by atoms with van der Waals surface area (Å²) in [6.07, 6.45) is 2.92. The highest BCUT2D eigenvalue weighted by atomic mass is 35.5. The molecule has 5 nitrogen and oxygen atoms in total. The van der Waals surface area contributed by atoms with Gasteiger partial charge in [0.2, 0.25) is 0 Å². The SMILES string of the molecule is CC(=O)OCCOC(CC(c1ccc(Cl)c(Cl)c1)C(O)N1CCCCC1)c1ccccc1. The Morgan fingerprint density at radius 1 is 1.00 bits per heavy atom. The number of halogens is 2. The first-order chi connectivity index (χ1) is 15.5. The first-order valence-electron chi connectivity index (χ1n) is 11.1. The van der Waals surface area contributed by atoms with E-state index in [0.717, 1.165) is 37.1 Å². The van der Waals surface area contributed by atoms with Crippen LogP contribution in [0.5, 0.6) is 0 Å². The number of hydrogen-bond acceptors (Lipinski definition) is 5. The van der Waals surface area contributed by atoms with Crippen molar-refractivity contribution in [1.82, 2.24) is 4.90 Å². The lowest BCUT2D eigenvalue weighted by Crippen LogP contribution is -2.43. The second-order valence-electron chi connectivity index (χ2n) is 8.14. The molecule has 7 heteroatoms. The standard InChI is InChI=1S/C25H31Cl2NO4/c1-18(29)31-14-15-32-24(19-8-4-2-5-9-19)17-21(20-10-11-22(26)23(27)16-20)25(30)28-12-6-3-7-13-28/h2,4-5,8-11,16,21,24-25,30H,3,6-7,12-15,17H2,1H3. The third-order valence-corrected chi connectivity index (χ3v) is 6.58. The molecule has 1 aliphatic heterocycles. The van der Waals surface area contributed by atoms with Gasteiger partial charge in [0.1, 0.15) is 12.8 Å². The summed E-state index contributed by atoms with van der Waals surface area (Å²) in [6.45, 7) is 3.56. The van der Waals surface area contributed by atoms with Gasteiger partial charge in [0.25, 0.3) is 0 Å². The molecule has 3 rings (SSSR count). The number of piperidine rings is 1. The Hall–Kier alpha value is -1.63. The first kappa shape index (κ1) is 25.0. The smallest absolute Gasteiger partial charge is 0.302 e. The number of aliphatic hydroxyl groups is 1. The number of benzene rings is 2. The van der Waals surface area contributed by atoms with Crippen LogP contribution in [-0.4, -0.2) is 48.5 Å². The lowest BCUT2D eigenvalue weighted by Gasteiger charge is -2.37. The minimum atomic E-state index is -0.671. The van der Waals surface area contributed by atoms with Gasteiger partial charge in [-0.1, -0.05) is 66.0 Å². The van der Waals surface area contributed by atoms with Crippen LogP contribution < -0.4 is 0 Å². The summed E-state index contributed by atoms with van der Waals surface area (Å²) in [5, 5.41) is 12.4. The molecule has 1 N–H and O–H groups in total. The van der Waals surface area contributed by atoms with Gasteiger partial charge in [-0.05, 0) is 42.5 Å². The van der Waals surface area contributed by atoms with Crippen molar-refractivity contribution in [2.24, 2.45) is 0 Å². The summed E-state index contributed by atoms with van der Waals surface area (Å²) in [5.74, 6) is -0.569. The molecule has 0 aliphatic carbocycles. The second kappa shape index (κ2) is 12.6. The fourth-order valence-electron chi connectivity index (χ4n) is 4.18. The molecule has 1 heterocycles. The Bertz CT molecular complexity index is 858. The topological polar surface area (TPSA) is 59.0 Å². The van der Waals surface area contributed by atoms with E-state index >= 15 is 0 Å². The van der Waals surface area contributed by atoms with E-state index in [2.05, 4.69) is 4.90 Å². The maximum absolute atomic E-state index is 11.4. The van der Waals surface area contributed by atoms with Crippen LogP contribution in [0.25, 0.3) is 0 Å². The zero-order valence-corrected chi connectivity index (χ0v) is 19.9. The van der Waals surface area contributed by atoms with Crippen LogP contribution in [0.3, 0.4) is 0 Å². The van der Waals surface area contributed by atoms with Crippen LogP contribution >= 0.6 is 23.2 Å². The Morgan fingerprint density at radius 3 is 2.38 bits per heavy atom. The molecule has 0 spiro atoms. The lowest BCUT2D eigenvalue weighted by molar-refractivity contribution is -0.143. The second-order valence-corrected chi connectivity index (χ2v) is 8.95. The molecule has 1 aliphatic rings. The molecule has 2 aromatic carbocycles. The van der Waals surface area contributed by atoms with E-state index in [1.807, 2.05) is 42.5 Å². The Labute approximate surface area is 200 Å². The van der Waals surface area contributed by atoms with Crippen LogP contribution in [-0.2, 0) is 14.3 Å². The van der Waals surface area contributed by atoms with Gasteiger partial charge in [0.05, 0.1) is 22.8 Å². The Balaban J connectivity index is 1.85. The van der Waals surface area contributed by atoms with E-state index in [0.29, 0.717) is 16.5 Å². The summed E-state index contributed by atoms with van der Waals surface area (Å²) in [4.78, 5) is 13.2. The van der Waals surface area contributed by atoms with E-state index < -0.39 is 6.23 Å². The number of carbonyl (C=O) groups is 1. The van der Waals surface area contributed by atoms with Gasteiger partial charge in [0.15, 0.2) is 0 Å². The summed E-state index contributed by atoms with van der Waals surface area (Å²) in [7, 11) is 0. The Kier molecular flexibility index (Phi) is 9.82. The van der Waals surface area contributed by atoms with Gasteiger partial charge < -0.3 is 14.6 Å². The quantitative estimate of drug-likeness (QED) is 0.355. The number of rotatable bonds is 10. The number of hydrogen-bond donors (Lipinski definition) is 1. The van der Waals surface area contributed by atoms with Crippen molar-refractivity contribution < 1.29 is 19.4 Å². The van der Waals surface area contributed by atoms with Crippen molar-refractivity contribution in [1.29, 1.82) is 0 Å². The maximum atomic E-state index is 11.4.